The topological polar surface area (TPSA) is 172 Å². The number of carbonyl (C=O) groups is 5. The van der Waals surface area contributed by atoms with Gasteiger partial charge in [0.05, 0.1) is 43.9 Å². The van der Waals surface area contributed by atoms with Gasteiger partial charge in [0.2, 0.25) is 5.91 Å². The summed E-state index contributed by atoms with van der Waals surface area (Å²) in [5, 5.41) is 4.96. The third-order valence-electron chi connectivity index (χ3n) is 8.92. The van der Waals surface area contributed by atoms with E-state index in [1.807, 2.05) is 44.2 Å². The first kappa shape index (κ1) is 39.4. The SMILES string of the molecule is COC(=O)[C@@H]1CCCN(C(=O)[C@H](C)NC(=O)[C@@H](CC(=O)OC2(/C=C/c3ccc4ccc([C@@H](C)OC(C)=O)nc4c3)COC(C)(C)OC2)C(C)C)N1. The van der Waals surface area contributed by atoms with Crippen LogP contribution in [0.25, 0.3) is 17.0 Å². The lowest BCUT2D eigenvalue weighted by Gasteiger charge is -2.41. The molecule has 14 heteroatoms. The molecule has 0 bridgehead atoms. The summed E-state index contributed by atoms with van der Waals surface area (Å²) in [6.45, 7) is 12.2. The number of aromatic nitrogens is 1. The molecular formula is C37H50N4O10. The molecule has 0 unspecified atom stereocenters. The van der Waals surface area contributed by atoms with Crippen molar-refractivity contribution in [2.75, 3.05) is 26.9 Å². The van der Waals surface area contributed by atoms with Gasteiger partial charge in [-0.3, -0.25) is 29.0 Å². The average Bonchev–Trinajstić information content (AvgIpc) is 3.09. The Balaban J connectivity index is 1.46. The maximum atomic E-state index is 13.5. The van der Waals surface area contributed by atoms with Gasteiger partial charge >= 0.3 is 17.9 Å². The van der Waals surface area contributed by atoms with E-state index in [0.29, 0.717) is 30.6 Å². The van der Waals surface area contributed by atoms with Gasteiger partial charge in [-0.2, -0.15) is 0 Å². The molecule has 2 aromatic rings. The Hall–Kier alpha value is -4.40. The third kappa shape index (κ3) is 10.6. The van der Waals surface area contributed by atoms with Crippen molar-refractivity contribution in [1.29, 1.82) is 0 Å². The first-order valence-electron chi connectivity index (χ1n) is 17.2. The highest BCUT2D eigenvalue weighted by atomic mass is 16.7. The van der Waals surface area contributed by atoms with Crippen LogP contribution in [0.3, 0.4) is 0 Å². The van der Waals surface area contributed by atoms with Gasteiger partial charge < -0.3 is 29.0 Å². The number of fused-ring (bicyclic) bond motifs is 1. The minimum absolute atomic E-state index is 0.0115. The van der Waals surface area contributed by atoms with Gasteiger partial charge in [0.25, 0.3) is 5.91 Å². The van der Waals surface area contributed by atoms with E-state index < -0.39 is 65.2 Å². The summed E-state index contributed by atoms with van der Waals surface area (Å²) < 4.78 is 28.0. The van der Waals surface area contributed by atoms with Crippen LogP contribution in [0, 0.1) is 11.8 Å². The molecular weight excluding hydrogens is 660 g/mol. The molecule has 1 aromatic heterocycles. The minimum atomic E-state index is -1.29. The van der Waals surface area contributed by atoms with Gasteiger partial charge in [0, 0.05) is 18.9 Å². The van der Waals surface area contributed by atoms with E-state index >= 15 is 0 Å². The number of carbonyl (C=O) groups excluding carboxylic acids is 5. The number of benzene rings is 1. The second-order valence-corrected chi connectivity index (χ2v) is 13.9. The number of hydrogen-bond acceptors (Lipinski definition) is 12. The lowest BCUT2D eigenvalue weighted by molar-refractivity contribution is -0.293. The maximum absolute atomic E-state index is 13.5. The van der Waals surface area contributed by atoms with E-state index in [0.717, 1.165) is 10.9 Å². The van der Waals surface area contributed by atoms with Crippen LogP contribution in [0.1, 0.15) is 85.1 Å². The van der Waals surface area contributed by atoms with Gasteiger partial charge in [-0.1, -0.05) is 38.1 Å². The van der Waals surface area contributed by atoms with E-state index in [2.05, 4.69) is 15.7 Å². The van der Waals surface area contributed by atoms with Gasteiger partial charge in [0.15, 0.2) is 11.4 Å². The monoisotopic (exact) mass is 710 g/mol. The van der Waals surface area contributed by atoms with Crippen molar-refractivity contribution in [3.63, 3.8) is 0 Å². The van der Waals surface area contributed by atoms with E-state index in [1.165, 1.54) is 19.0 Å². The summed E-state index contributed by atoms with van der Waals surface area (Å²) in [5.74, 6) is -4.35. The van der Waals surface area contributed by atoms with E-state index in [9.17, 15) is 24.0 Å². The third-order valence-corrected chi connectivity index (χ3v) is 8.92. The summed E-state index contributed by atoms with van der Waals surface area (Å²) in [5.41, 5.74) is 3.65. The highest BCUT2D eigenvalue weighted by molar-refractivity contribution is 5.90. The first-order valence-corrected chi connectivity index (χ1v) is 17.2. The van der Waals surface area contributed by atoms with E-state index in [-0.39, 0.29) is 25.6 Å². The number of nitrogens with zero attached hydrogens (tertiary/aromatic N) is 2. The Morgan fingerprint density at radius 3 is 2.41 bits per heavy atom. The van der Waals surface area contributed by atoms with Crippen LogP contribution in [-0.2, 0) is 47.7 Å². The number of hydrogen-bond donors (Lipinski definition) is 2. The van der Waals surface area contributed by atoms with E-state index in [4.69, 9.17) is 23.7 Å². The predicted molar refractivity (Wildman–Crippen MR) is 186 cm³/mol. The first-order chi connectivity index (χ1) is 24.0. The van der Waals surface area contributed by atoms with Crippen LogP contribution in [0.4, 0.5) is 0 Å². The quantitative estimate of drug-likeness (QED) is 0.242. The Morgan fingerprint density at radius 2 is 1.76 bits per heavy atom. The smallest absolute Gasteiger partial charge is 0.324 e. The summed E-state index contributed by atoms with van der Waals surface area (Å²) in [7, 11) is 1.28. The number of amides is 2. The fourth-order valence-electron chi connectivity index (χ4n) is 5.85. The molecule has 14 nitrogen and oxygen atoms in total. The standard InChI is InChI=1S/C37H50N4O10/c1-22(2)28(33(44)38-23(3)34(45)41-17-9-10-30(40-41)35(46)47-8)19-32(43)51-37(20-48-36(6,7)49-21-37)16-15-26-11-12-27-13-14-29(39-31(27)18-26)24(4)50-25(5)42/h11-16,18,22-24,28,30,40H,9-10,17,19-21H2,1-8H3,(H,38,44)/b16-15+/t23-,24+,28-,30-/m0/s1. The second-order valence-electron chi connectivity index (χ2n) is 13.9. The van der Waals surface area contributed by atoms with Crippen molar-refractivity contribution in [2.24, 2.45) is 11.8 Å². The van der Waals surface area contributed by atoms with Crippen LogP contribution >= 0.6 is 0 Å². The molecule has 2 amide bonds. The Kier molecular flexibility index (Phi) is 12.9. The molecule has 0 saturated carbocycles. The molecule has 0 aliphatic carbocycles. The van der Waals surface area contributed by atoms with Gasteiger partial charge in [-0.15, -0.1) is 0 Å². The molecule has 278 valence electrons. The normalized spacial score (nSPS) is 20.3. The summed E-state index contributed by atoms with van der Waals surface area (Å²) in [6.07, 6.45) is 3.86. The average molecular weight is 711 g/mol. The lowest BCUT2D eigenvalue weighted by atomic mass is 9.91. The lowest BCUT2D eigenvalue weighted by Crippen LogP contribution is -2.59. The second kappa shape index (κ2) is 16.7. The summed E-state index contributed by atoms with van der Waals surface area (Å²) in [6, 6.07) is 7.83. The number of ether oxygens (including phenoxy) is 5. The molecule has 51 heavy (non-hydrogen) atoms. The molecule has 3 heterocycles. The zero-order valence-corrected chi connectivity index (χ0v) is 30.6. The molecule has 4 atom stereocenters. The molecule has 1 aromatic carbocycles. The van der Waals surface area contributed by atoms with Crippen molar-refractivity contribution in [1.82, 2.24) is 20.7 Å². The number of rotatable bonds is 12. The molecule has 2 aliphatic rings. The molecule has 0 spiro atoms. The molecule has 2 N–H and O–H groups in total. The maximum Gasteiger partial charge on any atom is 0.324 e. The number of methoxy groups -OCH3 is 1. The summed E-state index contributed by atoms with van der Waals surface area (Å²) >= 11 is 0. The Labute approximate surface area is 298 Å². The molecule has 2 saturated heterocycles. The van der Waals surface area contributed by atoms with Crippen LogP contribution in [0.5, 0.6) is 0 Å². The molecule has 0 radical (unpaired) electrons. The van der Waals surface area contributed by atoms with Crippen LogP contribution in [0.2, 0.25) is 0 Å². The minimum Gasteiger partial charge on any atom is -0.468 e. The fraction of sp³-hybridized carbons (Fsp3) is 0.568. The fourth-order valence-corrected chi connectivity index (χ4v) is 5.85. The van der Waals surface area contributed by atoms with Crippen LogP contribution in [0.15, 0.2) is 36.4 Å². The molecule has 4 rings (SSSR count). The molecule has 2 aliphatic heterocycles. The van der Waals surface area contributed by atoms with Crippen molar-refractivity contribution >= 4 is 46.7 Å². The highest BCUT2D eigenvalue weighted by Crippen LogP contribution is 2.30. The Bertz CT molecular complexity index is 1630. The van der Waals surface area contributed by atoms with Crippen LogP contribution < -0.4 is 10.7 Å². The zero-order valence-electron chi connectivity index (χ0n) is 30.6. The number of esters is 3. The van der Waals surface area contributed by atoms with Crippen LogP contribution in [-0.4, -0.2) is 90.1 Å². The summed E-state index contributed by atoms with van der Waals surface area (Å²) in [4.78, 5) is 68.3. The van der Waals surface area contributed by atoms with Crippen molar-refractivity contribution in [3.8, 4) is 0 Å². The predicted octanol–water partition coefficient (Wildman–Crippen LogP) is 3.77. The van der Waals surface area contributed by atoms with E-state index in [1.54, 1.807) is 39.8 Å². The zero-order chi connectivity index (χ0) is 37.5. The Morgan fingerprint density at radius 1 is 1.08 bits per heavy atom. The molecule has 2 fully saturated rings. The largest absolute Gasteiger partial charge is 0.468 e. The number of pyridine rings is 1. The van der Waals surface area contributed by atoms with Crippen molar-refractivity contribution in [2.45, 2.75) is 97.3 Å². The van der Waals surface area contributed by atoms with Crippen molar-refractivity contribution < 1.29 is 47.7 Å². The highest BCUT2D eigenvalue weighted by Gasteiger charge is 2.42. The van der Waals surface area contributed by atoms with Gasteiger partial charge in [-0.05, 0) is 70.2 Å². The van der Waals surface area contributed by atoms with Crippen molar-refractivity contribution in [3.05, 3.63) is 47.7 Å². The number of hydrazine groups is 1. The number of nitrogens with one attached hydrogen (secondary N) is 2. The van der Waals surface area contributed by atoms with Gasteiger partial charge in [0.1, 0.15) is 18.2 Å². The van der Waals surface area contributed by atoms with Gasteiger partial charge in [-0.25, -0.2) is 10.4 Å².